The summed E-state index contributed by atoms with van der Waals surface area (Å²) in [5, 5.41) is 5.13. The zero-order valence-corrected chi connectivity index (χ0v) is 15.5. The number of carbonyl (C=O) groups excluding carboxylic acids is 3. The summed E-state index contributed by atoms with van der Waals surface area (Å²) >= 11 is 0. The van der Waals surface area contributed by atoms with Gasteiger partial charge in [-0.2, -0.15) is 10.1 Å². The predicted molar refractivity (Wildman–Crippen MR) is 97.7 cm³/mol. The van der Waals surface area contributed by atoms with E-state index in [0.717, 1.165) is 11.4 Å². The zero-order chi connectivity index (χ0) is 19.8. The lowest BCUT2D eigenvalue weighted by Crippen LogP contribution is -2.28. The number of benzene rings is 1. The Bertz CT molecular complexity index is 863. The van der Waals surface area contributed by atoms with Crippen LogP contribution in [0.5, 0.6) is 11.5 Å². The van der Waals surface area contributed by atoms with E-state index in [1.165, 1.54) is 20.4 Å². The molecule has 146 valence electrons. The van der Waals surface area contributed by atoms with E-state index < -0.39 is 5.97 Å². The summed E-state index contributed by atoms with van der Waals surface area (Å²) in [6.45, 7) is -0.240. The molecule has 2 bridgehead atoms. The molecule has 1 aromatic carbocycles. The van der Waals surface area contributed by atoms with Crippen molar-refractivity contribution < 1.29 is 28.6 Å². The summed E-state index contributed by atoms with van der Waals surface area (Å²) in [4.78, 5) is 36.5. The van der Waals surface area contributed by atoms with Crippen LogP contribution >= 0.6 is 0 Å². The number of methoxy groups -OCH3 is 2. The highest BCUT2D eigenvalue weighted by atomic mass is 16.6. The van der Waals surface area contributed by atoms with Crippen LogP contribution in [0.3, 0.4) is 0 Å². The van der Waals surface area contributed by atoms with Crippen LogP contribution in [-0.2, 0) is 19.1 Å². The number of hydrogen-bond donors (Lipinski definition) is 0. The van der Waals surface area contributed by atoms with E-state index in [1.807, 2.05) is 12.2 Å². The van der Waals surface area contributed by atoms with Gasteiger partial charge in [-0.15, -0.1) is 0 Å². The highest BCUT2D eigenvalue weighted by Gasteiger charge is 2.59. The van der Waals surface area contributed by atoms with Crippen molar-refractivity contribution in [2.45, 2.75) is 6.42 Å². The lowest BCUT2D eigenvalue weighted by atomic mass is 9.85. The first-order valence-corrected chi connectivity index (χ1v) is 9.01. The third-order valence-corrected chi connectivity index (χ3v) is 5.53. The van der Waals surface area contributed by atoms with E-state index in [9.17, 15) is 14.4 Å². The van der Waals surface area contributed by atoms with Crippen molar-refractivity contribution in [3.63, 3.8) is 0 Å². The van der Waals surface area contributed by atoms with Crippen molar-refractivity contribution in [2.24, 2.45) is 28.8 Å². The lowest BCUT2D eigenvalue weighted by Gasteiger charge is -2.13. The minimum absolute atomic E-state index is 0.151. The van der Waals surface area contributed by atoms with Gasteiger partial charge in [-0.1, -0.05) is 12.2 Å². The van der Waals surface area contributed by atoms with Crippen molar-refractivity contribution in [3.05, 3.63) is 35.9 Å². The molecule has 2 amide bonds. The fraction of sp³-hybridized carbons (Fsp3) is 0.400. The van der Waals surface area contributed by atoms with Gasteiger partial charge in [0.25, 0.3) is 11.8 Å². The molecule has 0 aromatic heterocycles. The molecule has 28 heavy (non-hydrogen) atoms. The Morgan fingerprint density at radius 2 is 1.82 bits per heavy atom. The summed E-state index contributed by atoms with van der Waals surface area (Å²) in [5.41, 5.74) is 0.626. The molecule has 4 unspecified atom stereocenters. The highest BCUT2D eigenvalue weighted by molar-refractivity contribution is 6.06. The van der Waals surface area contributed by atoms with Gasteiger partial charge < -0.3 is 14.2 Å². The largest absolute Gasteiger partial charge is 0.493 e. The van der Waals surface area contributed by atoms with Gasteiger partial charge >= 0.3 is 5.97 Å². The zero-order valence-electron chi connectivity index (χ0n) is 15.5. The Balaban J connectivity index is 1.48. The molecule has 4 atom stereocenters. The molecule has 1 heterocycles. The maximum atomic E-state index is 12.6. The Morgan fingerprint density at radius 1 is 1.14 bits per heavy atom. The smallest absolute Gasteiger partial charge is 0.343 e. The monoisotopic (exact) mass is 384 g/mol. The van der Waals surface area contributed by atoms with Gasteiger partial charge in [0.2, 0.25) is 0 Å². The molecule has 1 saturated heterocycles. The average Bonchev–Trinajstić information content (AvgIpc) is 3.39. The molecule has 0 N–H and O–H groups in total. The number of rotatable bonds is 6. The molecule has 1 saturated carbocycles. The van der Waals surface area contributed by atoms with Crippen LogP contribution in [-0.4, -0.2) is 49.8 Å². The number of fused-ring (bicyclic) bond motifs is 5. The third kappa shape index (κ3) is 2.94. The van der Waals surface area contributed by atoms with Gasteiger partial charge in [0.05, 0.1) is 32.3 Å². The highest BCUT2D eigenvalue weighted by Crippen LogP contribution is 2.52. The molecule has 8 nitrogen and oxygen atoms in total. The fourth-order valence-electron chi connectivity index (χ4n) is 4.20. The molecular weight excluding hydrogens is 364 g/mol. The molecule has 0 radical (unpaired) electrons. The summed E-state index contributed by atoms with van der Waals surface area (Å²) < 4.78 is 15.2. The molecule has 1 aliphatic heterocycles. The predicted octanol–water partition coefficient (Wildman–Crippen LogP) is 1.39. The first kappa shape index (κ1) is 18.2. The first-order valence-electron chi connectivity index (χ1n) is 9.01. The molecule has 3 aliphatic rings. The van der Waals surface area contributed by atoms with Crippen LogP contribution < -0.4 is 9.47 Å². The van der Waals surface area contributed by atoms with Crippen molar-refractivity contribution in [2.75, 3.05) is 20.8 Å². The molecule has 4 rings (SSSR count). The maximum Gasteiger partial charge on any atom is 0.343 e. The number of carbonyl (C=O) groups is 3. The van der Waals surface area contributed by atoms with E-state index in [2.05, 4.69) is 9.84 Å². The van der Waals surface area contributed by atoms with Gasteiger partial charge in [-0.25, -0.2) is 4.79 Å². The van der Waals surface area contributed by atoms with Gasteiger partial charge in [0.1, 0.15) is 0 Å². The van der Waals surface area contributed by atoms with Crippen molar-refractivity contribution in [3.8, 4) is 11.5 Å². The van der Waals surface area contributed by atoms with Crippen LogP contribution in [0.15, 0.2) is 35.5 Å². The molecule has 0 spiro atoms. The Morgan fingerprint density at radius 3 is 2.43 bits per heavy atom. The van der Waals surface area contributed by atoms with Crippen LogP contribution in [0.25, 0.3) is 0 Å². The third-order valence-electron chi connectivity index (χ3n) is 5.53. The number of imide groups is 1. The molecule has 2 fully saturated rings. The van der Waals surface area contributed by atoms with Crippen LogP contribution in [0, 0.1) is 23.7 Å². The standard InChI is InChI=1S/C20H20N2O6/c1-26-15-7-11(3-6-14(15)28-10-16(23)27-2)9-21-22-19(24)17-12-4-5-13(8-12)18(17)20(22)25/h3-7,9,12-13,17-18H,8,10H2,1-2H3. The van der Waals surface area contributed by atoms with Gasteiger partial charge in [0, 0.05) is 0 Å². The summed E-state index contributed by atoms with van der Waals surface area (Å²) in [6, 6.07) is 4.96. The molecular formula is C20H20N2O6. The number of nitrogens with zero attached hydrogens (tertiary/aromatic N) is 2. The maximum absolute atomic E-state index is 12.6. The second kappa shape index (κ2) is 7.10. The summed E-state index contributed by atoms with van der Waals surface area (Å²) in [5.74, 6) is -0.446. The first-order chi connectivity index (χ1) is 13.5. The quantitative estimate of drug-likeness (QED) is 0.318. The Hall–Kier alpha value is -3.16. The fourth-order valence-corrected chi connectivity index (χ4v) is 4.20. The number of ether oxygens (including phenoxy) is 3. The van der Waals surface area contributed by atoms with Crippen molar-refractivity contribution in [1.29, 1.82) is 0 Å². The molecule has 1 aromatic rings. The van der Waals surface area contributed by atoms with Crippen LogP contribution in [0.1, 0.15) is 12.0 Å². The number of amides is 2. The normalized spacial score (nSPS) is 27.6. The van der Waals surface area contributed by atoms with Crippen LogP contribution in [0.4, 0.5) is 0 Å². The Kier molecular flexibility index (Phi) is 4.62. The topological polar surface area (TPSA) is 94.5 Å². The van der Waals surface area contributed by atoms with Gasteiger partial charge in [0.15, 0.2) is 18.1 Å². The number of hydrazone groups is 1. The summed E-state index contributed by atoms with van der Waals surface area (Å²) in [7, 11) is 2.75. The van der Waals surface area contributed by atoms with Crippen LogP contribution in [0.2, 0.25) is 0 Å². The van der Waals surface area contributed by atoms with Crippen molar-refractivity contribution >= 4 is 24.0 Å². The second-order valence-electron chi connectivity index (χ2n) is 7.01. The SMILES string of the molecule is COC(=O)COc1ccc(C=NN2C(=O)C3C4C=CC(C4)C3C2=O)cc1OC. The van der Waals surface area contributed by atoms with Crippen molar-refractivity contribution in [1.82, 2.24) is 5.01 Å². The van der Waals surface area contributed by atoms with E-state index in [4.69, 9.17) is 9.47 Å². The number of esters is 1. The lowest BCUT2D eigenvalue weighted by molar-refractivity contribution is -0.143. The minimum atomic E-state index is -0.507. The Labute approximate surface area is 161 Å². The molecule has 2 aliphatic carbocycles. The molecule has 8 heteroatoms. The van der Waals surface area contributed by atoms with E-state index in [0.29, 0.717) is 17.1 Å². The van der Waals surface area contributed by atoms with E-state index >= 15 is 0 Å². The minimum Gasteiger partial charge on any atom is -0.493 e. The van der Waals surface area contributed by atoms with Gasteiger partial charge in [-0.3, -0.25) is 9.59 Å². The second-order valence-corrected chi connectivity index (χ2v) is 7.01. The average molecular weight is 384 g/mol. The van der Waals surface area contributed by atoms with Gasteiger partial charge in [-0.05, 0) is 42.0 Å². The summed E-state index contributed by atoms with van der Waals surface area (Å²) in [6.07, 6.45) is 6.41. The van der Waals surface area contributed by atoms with E-state index in [1.54, 1.807) is 18.2 Å². The van der Waals surface area contributed by atoms with E-state index in [-0.39, 0.29) is 42.1 Å². The number of allylic oxidation sites excluding steroid dienone is 2. The number of hydrogen-bond acceptors (Lipinski definition) is 7.